The zero-order valence-electron chi connectivity index (χ0n) is 12.4. The van der Waals surface area contributed by atoms with Crippen molar-refractivity contribution in [1.29, 1.82) is 0 Å². The fraction of sp³-hybridized carbons (Fsp3) is 0.167. The Balaban J connectivity index is 2.24. The van der Waals surface area contributed by atoms with E-state index in [0.29, 0.717) is 22.6 Å². The first-order valence-corrected chi connectivity index (χ1v) is 7.25. The molecule has 0 bridgehead atoms. The molecule has 0 aromatic heterocycles. The second kappa shape index (κ2) is 6.20. The lowest BCUT2D eigenvalue weighted by Gasteiger charge is -2.12. The molecule has 0 aliphatic carbocycles. The monoisotopic (exact) mass is 316 g/mol. The van der Waals surface area contributed by atoms with Crippen LogP contribution in [0.1, 0.15) is 13.3 Å². The highest BCUT2D eigenvalue weighted by Crippen LogP contribution is 2.37. The minimum Gasteiger partial charge on any atom is -0.434 e. The summed E-state index contributed by atoms with van der Waals surface area (Å²) < 4.78 is 37.9. The van der Waals surface area contributed by atoms with E-state index < -0.39 is 17.8 Å². The van der Waals surface area contributed by atoms with Crippen molar-refractivity contribution in [1.82, 2.24) is 0 Å². The Bertz CT molecular complexity index is 890. The fourth-order valence-electron chi connectivity index (χ4n) is 2.46. The van der Waals surface area contributed by atoms with Crippen LogP contribution in [0.2, 0.25) is 0 Å². The van der Waals surface area contributed by atoms with Gasteiger partial charge in [0.1, 0.15) is 11.6 Å². The first-order valence-electron chi connectivity index (χ1n) is 7.25. The molecule has 3 nitrogen and oxygen atoms in total. The van der Waals surface area contributed by atoms with Gasteiger partial charge in [-0.25, -0.2) is 13.6 Å². The predicted octanol–water partition coefficient (Wildman–Crippen LogP) is 5.20. The second-order valence-corrected chi connectivity index (χ2v) is 5.11. The van der Waals surface area contributed by atoms with Crippen LogP contribution in [-0.4, -0.2) is 12.8 Å². The average Bonchev–Trinajstić information content (AvgIpc) is 2.53. The summed E-state index contributed by atoms with van der Waals surface area (Å²) >= 11 is 0. The Hall–Kier alpha value is -2.69. The molecule has 0 atom stereocenters. The molecule has 0 heterocycles. The quantitative estimate of drug-likeness (QED) is 0.378. The average molecular weight is 316 g/mol. The Morgan fingerprint density at radius 1 is 1.09 bits per heavy atom. The van der Waals surface area contributed by atoms with Crippen molar-refractivity contribution in [3.8, 4) is 5.75 Å². The van der Waals surface area contributed by atoms with Crippen molar-refractivity contribution in [2.75, 3.05) is 6.61 Å². The van der Waals surface area contributed by atoms with E-state index in [2.05, 4.69) is 0 Å². The second-order valence-electron chi connectivity index (χ2n) is 5.11. The molecule has 3 rings (SSSR count). The molecule has 0 aliphatic heterocycles. The smallest absolute Gasteiger partial charge is 0.434 e. The summed E-state index contributed by atoms with van der Waals surface area (Å²) in [6.07, 6.45) is -0.304. The predicted molar refractivity (Wildman–Crippen MR) is 83.6 cm³/mol. The first kappa shape index (κ1) is 15.2. The summed E-state index contributed by atoms with van der Waals surface area (Å²) in [5.41, 5.74) is 0. The van der Waals surface area contributed by atoms with Crippen molar-refractivity contribution >= 4 is 27.7 Å². The Labute approximate surface area is 131 Å². The normalized spacial score (nSPS) is 10.9. The molecule has 0 saturated heterocycles. The van der Waals surface area contributed by atoms with Crippen LogP contribution in [-0.2, 0) is 4.74 Å². The van der Waals surface area contributed by atoms with Crippen molar-refractivity contribution in [3.05, 3.63) is 54.1 Å². The zero-order valence-corrected chi connectivity index (χ0v) is 12.4. The zero-order chi connectivity index (χ0) is 16.4. The molecule has 3 aromatic carbocycles. The molecule has 3 aromatic rings. The van der Waals surface area contributed by atoms with E-state index in [4.69, 9.17) is 9.47 Å². The van der Waals surface area contributed by atoms with Gasteiger partial charge in [-0.1, -0.05) is 25.1 Å². The lowest BCUT2D eigenvalue weighted by Crippen LogP contribution is -2.11. The highest BCUT2D eigenvalue weighted by molar-refractivity contribution is 6.06. The molecule has 0 aliphatic rings. The summed E-state index contributed by atoms with van der Waals surface area (Å²) in [6.45, 7) is 2.04. The molecule has 0 spiro atoms. The van der Waals surface area contributed by atoms with Crippen molar-refractivity contribution in [3.63, 3.8) is 0 Å². The number of carbonyl (C=O) groups is 1. The highest BCUT2D eigenvalue weighted by Gasteiger charge is 2.17. The van der Waals surface area contributed by atoms with E-state index in [1.807, 2.05) is 6.92 Å². The molecule has 118 valence electrons. The molecule has 0 amide bonds. The molecule has 0 N–H and O–H groups in total. The van der Waals surface area contributed by atoms with Gasteiger partial charge in [-0.2, -0.15) is 0 Å². The maximum absolute atomic E-state index is 14.3. The van der Waals surface area contributed by atoms with Crippen LogP contribution in [0.3, 0.4) is 0 Å². The maximum atomic E-state index is 14.3. The van der Waals surface area contributed by atoms with Crippen molar-refractivity contribution < 1.29 is 23.0 Å². The largest absolute Gasteiger partial charge is 0.513 e. The van der Waals surface area contributed by atoms with Crippen LogP contribution in [0.25, 0.3) is 21.5 Å². The van der Waals surface area contributed by atoms with Gasteiger partial charge in [0.25, 0.3) is 0 Å². The van der Waals surface area contributed by atoms with E-state index in [9.17, 15) is 13.6 Å². The number of benzene rings is 3. The third-order valence-electron chi connectivity index (χ3n) is 3.45. The van der Waals surface area contributed by atoms with E-state index in [1.165, 1.54) is 18.2 Å². The van der Waals surface area contributed by atoms with Crippen molar-refractivity contribution in [2.45, 2.75) is 13.3 Å². The van der Waals surface area contributed by atoms with Gasteiger partial charge in [-0.15, -0.1) is 0 Å². The number of carbonyl (C=O) groups excluding carboxylic acids is 1. The summed E-state index contributed by atoms with van der Waals surface area (Å²) in [4.78, 5) is 11.8. The number of halogens is 2. The van der Waals surface area contributed by atoms with Gasteiger partial charge in [0.15, 0.2) is 5.75 Å². The molecule has 0 radical (unpaired) electrons. The third kappa shape index (κ3) is 2.95. The molecule has 0 unspecified atom stereocenters. The highest BCUT2D eigenvalue weighted by atomic mass is 19.1. The van der Waals surface area contributed by atoms with Gasteiger partial charge >= 0.3 is 6.16 Å². The first-order chi connectivity index (χ1) is 11.1. The van der Waals surface area contributed by atoms with Gasteiger partial charge in [0, 0.05) is 5.39 Å². The van der Waals surface area contributed by atoms with Gasteiger partial charge < -0.3 is 9.47 Å². The number of hydrogen-bond donors (Lipinski definition) is 0. The SMILES string of the molecule is CCCOC(=O)Oc1c2cc(F)ccc2cc2cccc(F)c12. The van der Waals surface area contributed by atoms with Crippen LogP contribution in [0.4, 0.5) is 13.6 Å². The van der Waals surface area contributed by atoms with Gasteiger partial charge in [0.05, 0.1) is 12.0 Å². The molecular weight excluding hydrogens is 302 g/mol. The molecule has 0 fully saturated rings. The fourth-order valence-corrected chi connectivity index (χ4v) is 2.46. The third-order valence-corrected chi connectivity index (χ3v) is 3.45. The summed E-state index contributed by atoms with van der Waals surface area (Å²) in [5.74, 6) is -1.08. The summed E-state index contributed by atoms with van der Waals surface area (Å²) in [7, 11) is 0. The summed E-state index contributed by atoms with van der Waals surface area (Å²) in [6, 6.07) is 10.3. The van der Waals surface area contributed by atoms with Gasteiger partial charge in [-0.05, 0) is 41.5 Å². The van der Waals surface area contributed by atoms with Crippen LogP contribution in [0.5, 0.6) is 5.75 Å². The number of ether oxygens (including phenoxy) is 2. The standard InChI is InChI=1S/C18H14F2O3/c1-2-8-22-18(21)23-17-14-10-13(19)7-6-11(14)9-12-4-3-5-15(20)16(12)17/h3-7,9-10H,2,8H2,1H3. The van der Waals surface area contributed by atoms with Crippen LogP contribution in [0.15, 0.2) is 42.5 Å². The minimum absolute atomic E-state index is 0.0313. The minimum atomic E-state index is -0.937. The number of hydrogen-bond acceptors (Lipinski definition) is 3. The Kier molecular flexibility index (Phi) is 4.10. The van der Waals surface area contributed by atoms with Crippen LogP contribution in [0, 0.1) is 11.6 Å². The summed E-state index contributed by atoms with van der Waals surface area (Å²) in [5, 5.41) is 1.64. The topological polar surface area (TPSA) is 35.5 Å². The Morgan fingerprint density at radius 2 is 1.91 bits per heavy atom. The molecular formula is C18H14F2O3. The maximum Gasteiger partial charge on any atom is 0.513 e. The van der Waals surface area contributed by atoms with Gasteiger partial charge in [0.2, 0.25) is 0 Å². The molecule has 0 saturated carbocycles. The lowest BCUT2D eigenvalue weighted by atomic mass is 10.0. The van der Waals surface area contributed by atoms with Crippen molar-refractivity contribution in [2.24, 2.45) is 0 Å². The van der Waals surface area contributed by atoms with E-state index in [-0.39, 0.29) is 17.7 Å². The molecule has 23 heavy (non-hydrogen) atoms. The van der Waals surface area contributed by atoms with E-state index in [1.54, 1.807) is 24.3 Å². The van der Waals surface area contributed by atoms with Gasteiger partial charge in [-0.3, -0.25) is 0 Å². The molecule has 5 heteroatoms. The van der Waals surface area contributed by atoms with E-state index >= 15 is 0 Å². The lowest BCUT2D eigenvalue weighted by molar-refractivity contribution is 0.100. The number of rotatable bonds is 3. The van der Waals surface area contributed by atoms with Crippen LogP contribution < -0.4 is 4.74 Å². The van der Waals surface area contributed by atoms with E-state index in [0.717, 1.165) is 0 Å². The number of fused-ring (bicyclic) bond motifs is 2. The van der Waals surface area contributed by atoms with Crippen LogP contribution >= 0.6 is 0 Å². The Morgan fingerprint density at radius 3 is 2.70 bits per heavy atom.